The van der Waals surface area contributed by atoms with Crippen molar-refractivity contribution in [1.29, 1.82) is 0 Å². The molecule has 0 aromatic heterocycles. The summed E-state index contributed by atoms with van der Waals surface area (Å²) in [7, 11) is -4.06. The van der Waals surface area contributed by atoms with Crippen LogP contribution < -0.4 is 10.0 Å². The van der Waals surface area contributed by atoms with Gasteiger partial charge in [-0.15, -0.1) is 0 Å². The molecule has 0 aliphatic heterocycles. The first-order valence-electron chi connectivity index (χ1n) is 7.08. The van der Waals surface area contributed by atoms with E-state index >= 15 is 0 Å². The zero-order valence-electron chi connectivity index (χ0n) is 13.0. The van der Waals surface area contributed by atoms with E-state index in [1.54, 1.807) is 13.8 Å². The van der Waals surface area contributed by atoms with E-state index in [9.17, 15) is 22.0 Å². The molecule has 2 rings (SSSR count). The molecule has 2 N–H and O–H groups in total. The molecule has 0 fully saturated rings. The fourth-order valence-corrected chi connectivity index (χ4v) is 2.97. The molecule has 8 heteroatoms. The van der Waals surface area contributed by atoms with Crippen molar-refractivity contribution in [2.24, 2.45) is 0 Å². The van der Waals surface area contributed by atoms with Crippen LogP contribution in [0.15, 0.2) is 47.4 Å². The van der Waals surface area contributed by atoms with Gasteiger partial charge in [-0.2, -0.15) is 0 Å². The van der Waals surface area contributed by atoms with Gasteiger partial charge in [0.05, 0.1) is 10.6 Å². The highest BCUT2D eigenvalue weighted by atomic mass is 32.2. The second kappa shape index (κ2) is 6.96. The van der Waals surface area contributed by atoms with Crippen LogP contribution >= 0.6 is 0 Å². The number of sulfonamides is 1. The summed E-state index contributed by atoms with van der Waals surface area (Å²) in [4.78, 5) is 11.7. The molecule has 0 aliphatic carbocycles. The number of amides is 1. The van der Waals surface area contributed by atoms with Crippen molar-refractivity contribution < 1.29 is 22.0 Å². The SMILES string of the molecule is CC(C)NC(=O)c1ccc(S(=O)(=O)Nc2ccc(F)cc2F)cc1. The Labute approximate surface area is 138 Å². The van der Waals surface area contributed by atoms with Crippen LogP contribution in [0.1, 0.15) is 24.2 Å². The number of carbonyl (C=O) groups is 1. The summed E-state index contributed by atoms with van der Waals surface area (Å²) in [6.45, 7) is 3.61. The van der Waals surface area contributed by atoms with Crippen LogP contribution in [0, 0.1) is 11.6 Å². The Morgan fingerprint density at radius 2 is 1.67 bits per heavy atom. The zero-order chi connectivity index (χ0) is 17.9. The lowest BCUT2D eigenvalue weighted by Crippen LogP contribution is -2.30. The summed E-state index contributed by atoms with van der Waals surface area (Å²) in [5.41, 5.74) is -0.0614. The Kier molecular flexibility index (Phi) is 5.18. The average molecular weight is 354 g/mol. The van der Waals surface area contributed by atoms with Crippen LogP contribution in [0.2, 0.25) is 0 Å². The predicted octanol–water partition coefficient (Wildman–Crippen LogP) is 2.90. The zero-order valence-corrected chi connectivity index (χ0v) is 13.8. The minimum Gasteiger partial charge on any atom is -0.350 e. The highest BCUT2D eigenvalue weighted by molar-refractivity contribution is 7.92. The van der Waals surface area contributed by atoms with Gasteiger partial charge >= 0.3 is 0 Å². The van der Waals surface area contributed by atoms with Crippen molar-refractivity contribution in [3.05, 3.63) is 59.7 Å². The molecular weight excluding hydrogens is 338 g/mol. The van der Waals surface area contributed by atoms with E-state index in [0.29, 0.717) is 11.6 Å². The number of anilines is 1. The lowest BCUT2D eigenvalue weighted by atomic mass is 10.2. The number of benzene rings is 2. The summed E-state index contributed by atoms with van der Waals surface area (Å²) in [6.07, 6.45) is 0. The van der Waals surface area contributed by atoms with Crippen LogP contribution in [0.4, 0.5) is 14.5 Å². The van der Waals surface area contributed by atoms with Crippen molar-refractivity contribution in [1.82, 2.24) is 5.32 Å². The largest absolute Gasteiger partial charge is 0.350 e. The van der Waals surface area contributed by atoms with Gasteiger partial charge in [0, 0.05) is 17.7 Å². The number of rotatable bonds is 5. The summed E-state index contributed by atoms with van der Waals surface area (Å²) in [6, 6.07) is 7.65. The fraction of sp³-hybridized carbons (Fsp3) is 0.188. The third kappa shape index (κ3) is 4.29. The smallest absolute Gasteiger partial charge is 0.261 e. The van der Waals surface area contributed by atoms with Crippen LogP contribution in [0.5, 0.6) is 0 Å². The third-order valence-electron chi connectivity index (χ3n) is 3.02. The minimum absolute atomic E-state index is 0.0518. The lowest BCUT2D eigenvalue weighted by molar-refractivity contribution is 0.0943. The Morgan fingerprint density at radius 1 is 1.04 bits per heavy atom. The Bertz CT molecular complexity index is 850. The Balaban J connectivity index is 2.22. The normalized spacial score (nSPS) is 11.4. The number of hydrogen-bond donors (Lipinski definition) is 2. The average Bonchev–Trinajstić information content (AvgIpc) is 2.49. The van der Waals surface area contributed by atoms with E-state index in [0.717, 1.165) is 12.1 Å². The van der Waals surface area contributed by atoms with Gasteiger partial charge in [-0.1, -0.05) is 0 Å². The number of halogens is 2. The number of nitrogens with one attached hydrogen (secondary N) is 2. The van der Waals surface area contributed by atoms with Crippen molar-refractivity contribution >= 4 is 21.6 Å². The molecule has 2 aromatic carbocycles. The molecule has 0 saturated heterocycles. The quantitative estimate of drug-likeness (QED) is 0.867. The summed E-state index contributed by atoms with van der Waals surface area (Å²) in [5.74, 6) is -2.16. The van der Waals surface area contributed by atoms with Crippen LogP contribution in [-0.2, 0) is 10.0 Å². The molecule has 0 saturated carbocycles. The van der Waals surface area contributed by atoms with E-state index in [-0.39, 0.29) is 22.5 Å². The standard InChI is InChI=1S/C16H16F2N2O3S/c1-10(2)19-16(21)11-3-6-13(7-4-11)24(22,23)20-15-8-5-12(17)9-14(15)18/h3-10,20H,1-2H3,(H,19,21). The van der Waals surface area contributed by atoms with Crippen LogP contribution in [0.3, 0.4) is 0 Å². The van der Waals surface area contributed by atoms with Gasteiger partial charge in [0.2, 0.25) is 0 Å². The summed E-state index contributed by atoms with van der Waals surface area (Å²) in [5, 5.41) is 2.68. The second-order valence-corrected chi connectivity index (χ2v) is 7.06. The molecule has 2 aromatic rings. The fourth-order valence-electron chi connectivity index (χ4n) is 1.91. The Hall–Kier alpha value is -2.48. The molecule has 0 atom stereocenters. The van der Waals surface area contributed by atoms with Crippen LogP contribution in [0.25, 0.3) is 0 Å². The van der Waals surface area contributed by atoms with E-state index in [1.807, 2.05) is 4.72 Å². The summed E-state index contributed by atoms with van der Waals surface area (Å²) < 4.78 is 52.9. The molecule has 0 aliphatic rings. The van der Waals surface area contributed by atoms with Crippen LogP contribution in [-0.4, -0.2) is 20.4 Å². The maximum Gasteiger partial charge on any atom is 0.261 e. The molecule has 128 valence electrons. The molecule has 24 heavy (non-hydrogen) atoms. The van der Waals surface area contributed by atoms with Gasteiger partial charge in [0.1, 0.15) is 11.6 Å². The van der Waals surface area contributed by atoms with Gasteiger partial charge in [-0.25, -0.2) is 17.2 Å². The first-order valence-corrected chi connectivity index (χ1v) is 8.56. The topological polar surface area (TPSA) is 75.3 Å². The van der Waals surface area contributed by atoms with E-state index < -0.39 is 21.7 Å². The lowest BCUT2D eigenvalue weighted by Gasteiger charge is -2.11. The van der Waals surface area contributed by atoms with E-state index in [2.05, 4.69) is 5.32 Å². The molecule has 0 radical (unpaired) electrons. The number of hydrogen-bond acceptors (Lipinski definition) is 3. The second-order valence-electron chi connectivity index (χ2n) is 5.38. The third-order valence-corrected chi connectivity index (χ3v) is 4.40. The Morgan fingerprint density at radius 3 is 2.21 bits per heavy atom. The van der Waals surface area contributed by atoms with Crippen molar-refractivity contribution in [3.8, 4) is 0 Å². The molecular formula is C16H16F2N2O3S. The number of carbonyl (C=O) groups excluding carboxylic acids is 1. The molecule has 0 spiro atoms. The van der Waals surface area contributed by atoms with Gasteiger partial charge in [-0.3, -0.25) is 9.52 Å². The first kappa shape index (κ1) is 17.9. The molecule has 0 unspecified atom stereocenters. The molecule has 5 nitrogen and oxygen atoms in total. The van der Waals surface area contributed by atoms with E-state index in [1.165, 1.54) is 24.3 Å². The highest BCUT2D eigenvalue weighted by Gasteiger charge is 2.17. The maximum absolute atomic E-state index is 13.6. The highest BCUT2D eigenvalue weighted by Crippen LogP contribution is 2.20. The predicted molar refractivity (Wildman–Crippen MR) is 86.2 cm³/mol. The van der Waals surface area contributed by atoms with Gasteiger partial charge in [0.15, 0.2) is 0 Å². The van der Waals surface area contributed by atoms with Crippen molar-refractivity contribution in [2.75, 3.05) is 4.72 Å². The minimum atomic E-state index is -4.06. The van der Waals surface area contributed by atoms with Gasteiger partial charge in [-0.05, 0) is 50.2 Å². The van der Waals surface area contributed by atoms with Crippen molar-refractivity contribution in [3.63, 3.8) is 0 Å². The molecule has 0 bridgehead atoms. The molecule has 0 heterocycles. The monoisotopic (exact) mass is 354 g/mol. The summed E-state index contributed by atoms with van der Waals surface area (Å²) >= 11 is 0. The van der Waals surface area contributed by atoms with Crippen molar-refractivity contribution in [2.45, 2.75) is 24.8 Å². The van der Waals surface area contributed by atoms with Gasteiger partial charge in [0.25, 0.3) is 15.9 Å². The van der Waals surface area contributed by atoms with E-state index in [4.69, 9.17) is 0 Å². The molecule has 1 amide bonds. The van der Waals surface area contributed by atoms with Gasteiger partial charge < -0.3 is 5.32 Å². The first-order chi connectivity index (χ1) is 11.2. The maximum atomic E-state index is 13.6.